The van der Waals surface area contributed by atoms with Gasteiger partial charge in [-0.3, -0.25) is 10.1 Å². The number of nitrogens with one attached hydrogen (secondary N) is 3. The fraction of sp³-hybridized carbons (Fsp3) is 0.333. The van der Waals surface area contributed by atoms with E-state index in [1.807, 2.05) is 60.7 Å². The maximum Gasteiger partial charge on any atom is 0.333 e. The maximum absolute atomic E-state index is 13.8. The molecule has 1 amide bonds. The highest BCUT2D eigenvalue weighted by atomic mass is 16.5. The summed E-state index contributed by atoms with van der Waals surface area (Å²) in [6.45, 7) is 0. The first-order valence-corrected chi connectivity index (χ1v) is 14.0. The molecule has 2 unspecified atom stereocenters. The molecule has 1 aliphatic carbocycles. The molecule has 6 heteroatoms. The molecule has 2 heterocycles. The molecule has 3 N–H and O–H groups in total. The molecule has 0 saturated heterocycles. The lowest BCUT2D eigenvalue weighted by molar-refractivity contribution is -0.145. The van der Waals surface area contributed by atoms with Crippen LogP contribution >= 0.6 is 0 Å². The molecule has 1 saturated carbocycles. The fourth-order valence-electron chi connectivity index (χ4n) is 6.41. The molecule has 1 aromatic heterocycles. The number of carbonyl (C=O) groups excluding carboxylic acids is 2. The Morgan fingerprint density at radius 3 is 2.31 bits per heavy atom. The summed E-state index contributed by atoms with van der Waals surface area (Å²) in [7, 11) is 1.36. The van der Waals surface area contributed by atoms with Crippen molar-refractivity contribution in [3.63, 3.8) is 0 Å². The molecule has 6 nitrogen and oxygen atoms in total. The van der Waals surface area contributed by atoms with Crippen LogP contribution in [0.25, 0.3) is 22.0 Å². The molecule has 39 heavy (non-hydrogen) atoms. The van der Waals surface area contributed by atoms with Gasteiger partial charge in [0.15, 0.2) is 6.04 Å². The van der Waals surface area contributed by atoms with Gasteiger partial charge in [0.25, 0.3) is 0 Å². The smallest absolute Gasteiger partial charge is 0.333 e. The number of ether oxygens (including phenoxy) is 1. The average Bonchev–Trinajstić information content (AvgIpc) is 3.38. The van der Waals surface area contributed by atoms with Gasteiger partial charge in [-0.15, -0.1) is 0 Å². The molecule has 6 rings (SSSR count). The molecule has 1 aliphatic heterocycles. The number of amides is 1. The van der Waals surface area contributed by atoms with Crippen LogP contribution in [0.2, 0.25) is 0 Å². The molecular weight excluding hydrogens is 486 g/mol. The number of rotatable bonds is 6. The summed E-state index contributed by atoms with van der Waals surface area (Å²) in [5.74, 6) is -0.194. The summed E-state index contributed by atoms with van der Waals surface area (Å²) < 4.78 is 5.11. The predicted molar refractivity (Wildman–Crippen MR) is 153 cm³/mol. The molecule has 200 valence electrons. The van der Waals surface area contributed by atoms with Gasteiger partial charge in [0.05, 0.1) is 19.2 Å². The number of aromatic amines is 1. The van der Waals surface area contributed by atoms with E-state index in [1.165, 1.54) is 43.0 Å². The number of aromatic nitrogens is 1. The summed E-state index contributed by atoms with van der Waals surface area (Å²) in [6, 6.07) is 24.9. The average molecular weight is 522 g/mol. The van der Waals surface area contributed by atoms with E-state index in [-0.39, 0.29) is 11.9 Å². The van der Waals surface area contributed by atoms with E-state index in [1.54, 1.807) is 0 Å². The second-order valence-corrected chi connectivity index (χ2v) is 10.8. The first kappa shape index (κ1) is 25.4. The van der Waals surface area contributed by atoms with Crippen LogP contribution in [-0.2, 0) is 20.7 Å². The van der Waals surface area contributed by atoms with Crippen molar-refractivity contribution in [3.8, 4) is 11.1 Å². The SMILES string of the molecule is COC(=O)C(NC(=O)[C@H]1Cc2c([nH]c3ccccc23)C(C2CCCCC2)N1)c1ccc(-c2ccccc2)cc1. The van der Waals surface area contributed by atoms with Crippen LogP contribution < -0.4 is 10.6 Å². The number of benzene rings is 3. The molecule has 2 aliphatic rings. The second-order valence-electron chi connectivity index (χ2n) is 10.8. The Hall–Kier alpha value is -3.90. The second kappa shape index (κ2) is 11.1. The fourth-order valence-corrected chi connectivity index (χ4v) is 6.41. The third-order valence-electron chi connectivity index (χ3n) is 8.46. The van der Waals surface area contributed by atoms with Crippen LogP contribution in [0, 0.1) is 5.92 Å². The van der Waals surface area contributed by atoms with Crippen molar-refractivity contribution in [2.75, 3.05) is 7.11 Å². The highest BCUT2D eigenvalue weighted by Gasteiger charge is 2.38. The number of esters is 1. The Morgan fingerprint density at radius 2 is 1.56 bits per heavy atom. The highest BCUT2D eigenvalue weighted by molar-refractivity contribution is 5.91. The minimum absolute atomic E-state index is 0.0823. The lowest BCUT2D eigenvalue weighted by Crippen LogP contribution is -2.52. The number of para-hydroxylation sites is 1. The number of methoxy groups -OCH3 is 1. The maximum atomic E-state index is 13.8. The van der Waals surface area contributed by atoms with Crippen molar-refractivity contribution < 1.29 is 14.3 Å². The van der Waals surface area contributed by atoms with Crippen LogP contribution in [0.4, 0.5) is 0 Å². The molecule has 3 aromatic carbocycles. The minimum atomic E-state index is -0.883. The normalized spacial score (nSPS) is 20.2. The van der Waals surface area contributed by atoms with Gasteiger partial charge >= 0.3 is 5.97 Å². The molecule has 1 fully saturated rings. The van der Waals surface area contributed by atoms with E-state index in [4.69, 9.17) is 4.74 Å². The zero-order valence-corrected chi connectivity index (χ0v) is 22.3. The van der Waals surface area contributed by atoms with E-state index in [0.717, 1.165) is 29.5 Å². The molecule has 0 bridgehead atoms. The number of carbonyl (C=O) groups is 2. The van der Waals surface area contributed by atoms with Gasteiger partial charge in [-0.1, -0.05) is 92.1 Å². The lowest BCUT2D eigenvalue weighted by atomic mass is 9.79. The van der Waals surface area contributed by atoms with Crippen LogP contribution in [0.15, 0.2) is 78.9 Å². The molecule has 4 aromatic rings. The van der Waals surface area contributed by atoms with Gasteiger partial charge in [0.1, 0.15) is 0 Å². The van der Waals surface area contributed by atoms with Crippen LogP contribution in [0.3, 0.4) is 0 Å². The van der Waals surface area contributed by atoms with Crippen molar-refractivity contribution in [3.05, 3.63) is 95.7 Å². The van der Waals surface area contributed by atoms with Gasteiger partial charge in [-0.2, -0.15) is 0 Å². The monoisotopic (exact) mass is 521 g/mol. The summed E-state index contributed by atoms with van der Waals surface area (Å²) in [5, 5.41) is 7.89. The van der Waals surface area contributed by atoms with Crippen LogP contribution in [-0.4, -0.2) is 30.0 Å². The van der Waals surface area contributed by atoms with Gasteiger partial charge in [-0.25, -0.2) is 4.79 Å². The Labute approximate surface area is 229 Å². The van der Waals surface area contributed by atoms with E-state index in [9.17, 15) is 9.59 Å². The van der Waals surface area contributed by atoms with Crippen molar-refractivity contribution in [2.45, 2.75) is 56.7 Å². The van der Waals surface area contributed by atoms with Crippen LogP contribution in [0.5, 0.6) is 0 Å². The van der Waals surface area contributed by atoms with Gasteiger partial charge in [-0.05, 0) is 53.5 Å². The van der Waals surface area contributed by atoms with Crippen molar-refractivity contribution in [2.24, 2.45) is 5.92 Å². The number of fused-ring (bicyclic) bond motifs is 3. The minimum Gasteiger partial charge on any atom is -0.467 e. The highest BCUT2D eigenvalue weighted by Crippen LogP contribution is 2.40. The first-order valence-electron chi connectivity index (χ1n) is 14.0. The van der Waals surface area contributed by atoms with Crippen molar-refractivity contribution >= 4 is 22.8 Å². The zero-order valence-electron chi connectivity index (χ0n) is 22.3. The van der Waals surface area contributed by atoms with Gasteiger partial charge < -0.3 is 15.0 Å². The third kappa shape index (κ3) is 5.09. The molecular formula is C33H35N3O3. The van der Waals surface area contributed by atoms with E-state index in [2.05, 4.69) is 33.8 Å². The van der Waals surface area contributed by atoms with E-state index < -0.39 is 18.1 Å². The Balaban J connectivity index is 1.27. The Morgan fingerprint density at radius 1 is 0.872 bits per heavy atom. The Bertz CT molecular complexity index is 1450. The Kier molecular flexibility index (Phi) is 7.20. The lowest BCUT2D eigenvalue weighted by Gasteiger charge is -2.37. The first-order chi connectivity index (χ1) is 19.1. The van der Waals surface area contributed by atoms with Crippen molar-refractivity contribution in [1.29, 1.82) is 0 Å². The predicted octanol–water partition coefficient (Wildman–Crippen LogP) is 6.00. The van der Waals surface area contributed by atoms with Gasteiger partial charge in [0, 0.05) is 16.6 Å². The summed E-state index contributed by atoms with van der Waals surface area (Å²) in [5.41, 5.74) is 6.37. The van der Waals surface area contributed by atoms with Crippen LogP contribution in [0.1, 0.15) is 61.0 Å². The summed E-state index contributed by atoms with van der Waals surface area (Å²) in [4.78, 5) is 30.3. The van der Waals surface area contributed by atoms with Gasteiger partial charge in [0.2, 0.25) is 5.91 Å². The standard InChI is InChI=1S/C33H35N3O3/c1-39-33(38)30(24-18-16-22(17-19-24)21-10-4-2-5-11-21)36-32(37)28-20-26-25-14-8-9-15-27(25)34-31(26)29(35-28)23-12-6-3-7-13-23/h2,4-5,8-11,14-19,23,28-30,34-35H,3,6-7,12-13,20H2,1H3,(H,36,37)/t28-,29?,30?/m1/s1. The summed E-state index contributed by atoms with van der Waals surface area (Å²) in [6.07, 6.45) is 6.59. The van der Waals surface area contributed by atoms with E-state index >= 15 is 0 Å². The van der Waals surface area contributed by atoms with Crippen molar-refractivity contribution in [1.82, 2.24) is 15.6 Å². The molecule has 0 radical (unpaired) electrons. The topological polar surface area (TPSA) is 83.2 Å². The number of hydrogen-bond acceptors (Lipinski definition) is 4. The number of hydrogen-bond donors (Lipinski definition) is 3. The molecule has 3 atom stereocenters. The largest absolute Gasteiger partial charge is 0.467 e. The quantitative estimate of drug-likeness (QED) is 0.272. The zero-order chi connectivity index (χ0) is 26.8. The number of H-pyrrole nitrogens is 1. The molecule has 0 spiro atoms. The third-order valence-corrected chi connectivity index (χ3v) is 8.46. The summed E-state index contributed by atoms with van der Waals surface area (Å²) >= 11 is 0. The van der Waals surface area contributed by atoms with E-state index in [0.29, 0.717) is 17.9 Å².